The molecular weight excluding hydrogens is 152 g/mol. The number of rotatable bonds is 3. The van der Waals surface area contributed by atoms with Gasteiger partial charge in [0.2, 0.25) is 0 Å². The van der Waals surface area contributed by atoms with Crippen LogP contribution in [-0.4, -0.2) is 18.6 Å². The molecule has 0 bridgehead atoms. The molecule has 0 saturated carbocycles. The Morgan fingerprint density at radius 3 is 2.83 bits per heavy atom. The zero-order chi connectivity index (χ0) is 9.14. The summed E-state index contributed by atoms with van der Waals surface area (Å²) in [4.78, 5) is 6.11. The predicted octanol–water partition coefficient (Wildman–Crippen LogP) is 2.00. The summed E-state index contributed by atoms with van der Waals surface area (Å²) in [5, 5.41) is 0. The van der Waals surface area contributed by atoms with Crippen LogP contribution >= 0.6 is 0 Å². The Morgan fingerprint density at radius 1 is 1.75 bits per heavy atom. The summed E-state index contributed by atoms with van der Waals surface area (Å²) in [7, 11) is 1.93. The van der Waals surface area contributed by atoms with E-state index in [1.165, 1.54) is 0 Å². The van der Waals surface area contributed by atoms with E-state index in [0.717, 1.165) is 17.8 Å². The Bertz CT molecular complexity index is 278. The lowest BCUT2D eigenvalue weighted by molar-refractivity contribution is 0.549. The second kappa shape index (κ2) is 3.43. The van der Waals surface area contributed by atoms with E-state index < -0.39 is 0 Å². The van der Waals surface area contributed by atoms with Gasteiger partial charge in [0, 0.05) is 13.6 Å². The minimum atomic E-state index is 0.649. The van der Waals surface area contributed by atoms with Gasteiger partial charge in [-0.3, -0.25) is 0 Å². The third-order valence-electron chi connectivity index (χ3n) is 1.44. The van der Waals surface area contributed by atoms with Crippen LogP contribution in [0.1, 0.15) is 12.6 Å². The molecule has 0 spiro atoms. The van der Waals surface area contributed by atoms with Crippen molar-refractivity contribution in [3.05, 3.63) is 24.1 Å². The lowest BCUT2D eigenvalue weighted by Crippen LogP contribution is -2.19. The van der Waals surface area contributed by atoms with E-state index in [1.807, 2.05) is 25.8 Å². The average molecular weight is 166 g/mol. The van der Waals surface area contributed by atoms with Crippen LogP contribution in [0.4, 0.5) is 6.01 Å². The topological polar surface area (TPSA) is 29.3 Å². The molecule has 3 heteroatoms. The van der Waals surface area contributed by atoms with Gasteiger partial charge in [-0.05, 0) is 13.8 Å². The Kier molecular flexibility index (Phi) is 2.53. The molecule has 0 amide bonds. The van der Waals surface area contributed by atoms with Gasteiger partial charge < -0.3 is 9.32 Å². The molecule has 12 heavy (non-hydrogen) atoms. The first-order chi connectivity index (χ1) is 5.59. The molecule has 0 unspecified atom stereocenters. The molecule has 0 aliphatic rings. The summed E-state index contributed by atoms with van der Waals surface area (Å²) in [6.07, 6.45) is 1.64. The maximum atomic E-state index is 5.20. The van der Waals surface area contributed by atoms with E-state index in [9.17, 15) is 0 Å². The Hall–Kier alpha value is -1.25. The van der Waals surface area contributed by atoms with Gasteiger partial charge in [-0.25, -0.2) is 0 Å². The van der Waals surface area contributed by atoms with Gasteiger partial charge in [0.05, 0.1) is 5.69 Å². The van der Waals surface area contributed by atoms with Crippen LogP contribution in [-0.2, 0) is 0 Å². The van der Waals surface area contributed by atoms with Gasteiger partial charge in [-0.15, -0.1) is 0 Å². The highest BCUT2D eigenvalue weighted by molar-refractivity contribution is 5.27. The predicted molar refractivity (Wildman–Crippen MR) is 49.3 cm³/mol. The number of nitrogens with zero attached hydrogens (tertiary/aromatic N) is 2. The first-order valence-corrected chi connectivity index (χ1v) is 3.87. The van der Waals surface area contributed by atoms with Crippen LogP contribution in [0.2, 0.25) is 0 Å². The van der Waals surface area contributed by atoms with E-state index in [4.69, 9.17) is 4.42 Å². The molecule has 0 aromatic carbocycles. The average Bonchev–Trinajstić information content (AvgIpc) is 2.34. The molecule has 0 aliphatic heterocycles. The SMILES string of the molecule is C=C(C)CN(C)c1nc(C)co1. The van der Waals surface area contributed by atoms with Crippen molar-refractivity contribution in [3.8, 4) is 0 Å². The minimum Gasteiger partial charge on any atom is -0.432 e. The quantitative estimate of drug-likeness (QED) is 0.643. The molecule has 1 aromatic heterocycles. The van der Waals surface area contributed by atoms with Crippen LogP contribution in [0.5, 0.6) is 0 Å². The van der Waals surface area contributed by atoms with Crippen molar-refractivity contribution in [1.29, 1.82) is 0 Å². The molecule has 0 saturated heterocycles. The van der Waals surface area contributed by atoms with Gasteiger partial charge in [0.1, 0.15) is 6.26 Å². The molecule has 1 rings (SSSR count). The number of aryl methyl sites for hydroxylation is 1. The van der Waals surface area contributed by atoms with Crippen molar-refractivity contribution in [2.45, 2.75) is 13.8 Å². The second-order valence-corrected chi connectivity index (χ2v) is 3.08. The van der Waals surface area contributed by atoms with E-state index in [-0.39, 0.29) is 0 Å². The maximum absolute atomic E-state index is 5.20. The van der Waals surface area contributed by atoms with E-state index in [1.54, 1.807) is 6.26 Å². The third-order valence-corrected chi connectivity index (χ3v) is 1.44. The zero-order valence-corrected chi connectivity index (χ0v) is 7.79. The number of aromatic nitrogens is 1. The fraction of sp³-hybridized carbons (Fsp3) is 0.444. The Balaban J connectivity index is 2.64. The number of likely N-dealkylation sites (N-methyl/N-ethyl adjacent to an activating group) is 1. The van der Waals surface area contributed by atoms with Crippen LogP contribution < -0.4 is 4.90 Å². The molecule has 66 valence electrons. The van der Waals surface area contributed by atoms with E-state index >= 15 is 0 Å². The molecule has 0 N–H and O–H groups in total. The first-order valence-electron chi connectivity index (χ1n) is 3.87. The van der Waals surface area contributed by atoms with Crippen LogP contribution in [0.3, 0.4) is 0 Å². The van der Waals surface area contributed by atoms with Crippen molar-refractivity contribution in [1.82, 2.24) is 4.98 Å². The number of hydrogen-bond donors (Lipinski definition) is 0. The highest BCUT2D eigenvalue weighted by Crippen LogP contribution is 2.11. The van der Waals surface area contributed by atoms with Crippen molar-refractivity contribution in [3.63, 3.8) is 0 Å². The zero-order valence-electron chi connectivity index (χ0n) is 7.79. The molecular formula is C9H14N2O. The Labute approximate surface area is 72.7 Å². The van der Waals surface area contributed by atoms with Gasteiger partial charge in [0.25, 0.3) is 6.01 Å². The first kappa shape index (κ1) is 8.84. The Morgan fingerprint density at radius 2 is 2.42 bits per heavy atom. The molecule has 1 aromatic rings. The summed E-state index contributed by atoms with van der Waals surface area (Å²) in [5.74, 6) is 0. The maximum Gasteiger partial charge on any atom is 0.297 e. The second-order valence-electron chi connectivity index (χ2n) is 3.08. The molecule has 0 fully saturated rings. The molecule has 3 nitrogen and oxygen atoms in total. The van der Waals surface area contributed by atoms with E-state index in [0.29, 0.717) is 6.01 Å². The van der Waals surface area contributed by atoms with Gasteiger partial charge >= 0.3 is 0 Å². The van der Waals surface area contributed by atoms with Gasteiger partial charge in [0.15, 0.2) is 0 Å². The summed E-state index contributed by atoms with van der Waals surface area (Å²) >= 11 is 0. The normalized spacial score (nSPS) is 9.92. The minimum absolute atomic E-state index is 0.649. The third kappa shape index (κ3) is 2.12. The largest absolute Gasteiger partial charge is 0.432 e. The molecule has 0 aliphatic carbocycles. The van der Waals surface area contributed by atoms with Crippen LogP contribution in [0.15, 0.2) is 22.8 Å². The van der Waals surface area contributed by atoms with Crippen molar-refractivity contribution < 1.29 is 4.42 Å². The molecule has 0 radical (unpaired) electrons. The van der Waals surface area contributed by atoms with E-state index in [2.05, 4.69) is 11.6 Å². The van der Waals surface area contributed by atoms with Crippen molar-refractivity contribution in [2.24, 2.45) is 0 Å². The van der Waals surface area contributed by atoms with Crippen molar-refractivity contribution >= 4 is 6.01 Å². The van der Waals surface area contributed by atoms with Crippen molar-refractivity contribution in [2.75, 3.05) is 18.5 Å². The molecule has 1 heterocycles. The number of hydrogen-bond acceptors (Lipinski definition) is 3. The van der Waals surface area contributed by atoms with Crippen LogP contribution in [0, 0.1) is 6.92 Å². The van der Waals surface area contributed by atoms with Gasteiger partial charge in [-0.1, -0.05) is 12.2 Å². The fourth-order valence-corrected chi connectivity index (χ4v) is 0.989. The number of oxazole rings is 1. The summed E-state index contributed by atoms with van der Waals surface area (Å²) in [5.41, 5.74) is 1.99. The number of anilines is 1. The van der Waals surface area contributed by atoms with Gasteiger partial charge in [-0.2, -0.15) is 4.98 Å². The summed E-state index contributed by atoms with van der Waals surface area (Å²) in [6.45, 7) is 8.48. The van der Waals surface area contributed by atoms with Crippen LogP contribution in [0.25, 0.3) is 0 Å². The highest BCUT2D eigenvalue weighted by Gasteiger charge is 2.05. The highest BCUT2D eigenvalue weighted by atomic mass is 16.4. The molecule has 0 atom stereocenters. The lowest BCUT2D eigenvalue weighted by Gasteiger charge is -2.13. The lowest BCUT2D eigenvalue weighted by atomic mass is 10.3. The fourth-order valence-electron chi connectivity index (χ4n) is 0.989. The summed E-state index contributed by atoms with van der Waals surface area (Å²) in [6, 6.07) is 0.649. The monoisotopic (exact) mass is 166 g/mol. The smallest absolute Gasteiger partial charge is 0.297 e. The summed E-state index contributed by atoms with van der Waals surface area (Å²) < 4.78 is 5.20. The standard InChI is InChI=1S/C9H14N2O/c1-7(2)5-11(4)9-10-8(3)6-12-9/h6H,1,5H2,2-4H3.